The summed E-state index contributed by atoms with van der Waals surface area (Å²) in [6, 6.07) is 15.1. The molecule has 0 fully saturated rings. The molecule has 1 heterocycles. The molecule has 0 saturated carbocycles. The Morgan fingerprint density at radius 3 is 3.00 bits per heavy atom. The van der Waals surface area contributed by atoms with E-state index in [2.05, 4.69) is 41.3 Å². The Labute approximate surface area is 124 Å². The second-order valence-electron chi connectivity index (χ2n) is 5.62. The molecule has 0 aromatic heterocycles. The third-order valence-electron chi connectivity index (χ3n) is 4.34. The Morgan fingerprint density at radius 2 is 2.10 bits per heavy atom. The molecule has 1 atom stereocenters. The molecule has 1 aliphatic heterocycles. The maximum absolute atomic E-state index is 5.96. The minimum Gasteiger partial charge on any atom is -0.399 e. The molecule has 20 heavy (non-hydrogen) atoms. The standard InChI is InChI=1S/C17H18N2S/c18-14-5-6-17-16(10-14)19(7-8-20-17)11-13-9-12-3-1-2-4-15(12)13/h1-6,10,13H,7-9,11,18H2. The average Bonchev–Trinajstić information content (AvgIpc) is 2.45. The number of thioether (sulfide) groups is 1. The molecule has 0 bridgehead atoms. The number of fused-ring (bicyclic) bond motifs is 2. The van der Waals surface area contributed by atoms with Crippen molar-refractivity contribution in [1.82, 2.24) is 0 Å². The predicted molar refractivity (Wildman–Crippen MR) is 86.7 cm³/mol. The predicted octanol–water partition coefficient (Wildman–Crippen LogP) is 3.52. The van der Waals surface area contributed by atoms with Gasteiger partial charge in [0.1, 0.15) is 0 Å². The molecule has 4 rings (SSSR count). The lowest BCUT2D eigenvalue weighted by Gasteiger charge is -2.38. The van der Waals surface area contributed by atoms with Gasteiger partial charge in [-0.1, -0.05) is 24.3 Å². The first-order valence-electron chi connectivity index (χ1n) is 7.16. The van der Waals surface area contributed by atoms with Crippen LogP contribution in [0, 0.1) is 0 Å². The molecular formula is C17H18N2S. The van der Waals surface area contributed by atoms with Gasteiger partial charge in [0.15, 0.2) is 0 Å². The Hall–Kier alpha value is -1.61. The Balaban J connectivity index is 1.59. The highest BCUT2D eigenvalue weighted by Crippen LogP contribution is 2.40. The van der Waals surface area contributed by atoms with E-state index in [4.69, 9.17) is 5.73 Å². The third kappa shape index (κ3) is 1.97. The Morgan fingerprint density at radius 1 is 1.20 bits per heavy atom. The van der Waals surface area contributed by atoms with Crippen molar-refractivity contribution in [2.24, 2.45) is 0 Å². The van der Waals surface area contributed by atoms with Crippen molar-refractivity contribution in [2.45, 2.75) is 17.2 Å². The number of nitrogens with zero attached hydrogens (tertiary/aromatic N) is 1. The number of anilines is 2. The fourth-order valence-electron chi connectivity index (χ4n) is 3.27. The van der Waals surface area contributed by atoms with Gasteiger partial charge in [-0.2, -0.15) is 0 Å². The molecule has 2 N–H and O–H groups in total. The van der Waals surface area contributed by atoms with Crippen LogP contribution in [0.3, 0.4) is 0 Å². The lowest BCUT2D eigenvalue weighted by atomic mass is 9.77. The number of nitrogen functional groups attached to an aromatic ring is 1. The van der Waals surface area contributed by atoms with Crippen LogP contribution in [0.5, 0.6) is 0 Å². The lowest BCUT2D eigenvalue weighted by molar-refractivity contribution is 0.585. The normalized spacial score (nSPS) is 20.0. The zero-order valence-electron chi connectivity index (χ0n) is 11.4. The van der Waals surface area contributed by atoms with Gasteiger partial charge in [0.2, 0.25) is 0 Å². The van der Waals surface area contributed by atoms with Crippen LogP contribution in [0.2, 0.25) is 0 Å². The number of hydrogen-bond donors (Lipinski definition) is 1. The van der Waals surface area contributed by atoms with Gasteiger partial charge in [0.05, 0.1) is 5.69 Å². The van der Waals surface area contributed by atoms with E-state index in [1.165, 1.54) is 33.9 Å². The van der Waals surface area contributed by atoms with Crippen LogP contribution in [0.1, 0.15) is 17.0 Å². The van der Waals surface area contributed by atoms with Crippen molar-refractivity contribution in [2.75, 3.05) is 29.5 Å². The zero-order valence-corrected chi connectivity index (χ0v) is 12.2. The lowest BCUT2D eigenvalue weighted by Crippen LogP contribution is -2.36. The van der Waals surface area contributed by atoms with Crippen molar-refractivity contribution in [3.8, 4) is 0 Å². The van der Waals surface area contributed by atoms with Crippen molar-refractivity contribution < 1.29 is 0 Å². The monoisotopic (exact) mass is 282 g/mol. The van der Waals surface area contributed by atoms with E-state index in [1.54, 1.807) is 0 Å². The minimum absolute atomic E-state index is 0.684. The highest BCUT2D eigenvalue weighted by molar-refractivity contribution is 7.99. The largest absolute Gasteiger partial charge is 0.399 e. The van der Waals surface area contributed by atoms with Crippen LogP contribution >= 0.6 is 11.8 Å². The van der Waals surface area contributed by atoms with Gasteiger partial charge in [-0.3, -0.25) is 0 Å². The van der Waals surface area contributed by atoms with Crippen LogP contribution < -0.4 is 10.6 Å². The SMILES string of the molecule is Nc1ccc2c(c1)N(CC1Cc3ccccc31)CCS2. The van der Waals surface area contributed by atoms with Gasteiger partial charge in [0.25, 0.3) is 0 Å². The van der Waals surface area contributed by atoms with Crippen LogP contribution in [-0.2, 0) is 6.42 Å². The fourth-order valence-corrected chi connectivity index (χ4v) is 4.30. The van der Waals surface area contributed by atoms with E-state index >= 15 is 0 Å². The molecule has 2 nitrogen and oxygen atoms in total. The summed E-state index contributed by atoms with van der Waals surface area (Å²) in [6.45, 7) is 2.24. The topological polar surface area (TPSA) is 29.3 Å². The summed E-state index contributed by atoms with van der Waals surface area (Å²) in [5.41, 5.74) is 11.2. The van der Waals surface area contributed by atoms with Crippen molar-refractivity contribution in [1.29, 1.82) is 0 Å². The summed E-state index contributed by atoms with van der Waals surface area (Å²) in [5.74, 6) is 1.86. The molecule has 0 radical (unpaired) electrons. The average molecular weight is 282 g/mol. The van der Waals surface area contributed by atoms with Crippen LogP contribution in [0.25, 0.3) is 0 Å². The second kappa shape index (κ2) is 4.74. The van der Waals surface area contributed by atoms with E-state index in [0.29, 0.717) is 5.92 Å². The van der Waals surface area contributed by atoms with Crippen LogP contribution in [0.4, 0.5) is 11.4 Å². The van der Waals surface area contributed by atoms with Gasteiger partial charge in [-0.15, -0.1) is 11.8 Å². The van der Waals surface area contributed by atoms with E-state index in [-0.39, 0.29) is 0 Å². The summed E-state index contributed by atoms with van der Waals surface area (Å²) in [5, 5.41) is 0. The number of rotatable bonds is 2. The van der Waals surface area contributed by atoms with Crippen molar-refractivity contribution in [3.63, 3.8) is 0 Å². The van der Waals surface area contributed by atoms with Crippen molar-refractivity contribution >= 4 is 23.1 Å². The summed E-state index contributed by atoms with van der Waals surface area (Å²) in [6.07, 6.45) is 1.22. The van der Waals surface area contributed by atoms with Crippen LogP contribution in [-0.4, -0.2) is 18.8 Å². The molecule has 2 aromatic rings. The molecule has 0 amide bonds. The highest BCUT2D eigenvalue weighted by Gasteiger charge is 2.29. The van der Waals surface area contributed by atoms with Crippen molar-refractivity contribution in [3.05, 3.63) is 53.6 Å². The van der Waals surface area contributed by atoms with Gasteiger partial charge < -0.3 is 10.6 Å². The summed E-state index contributed by atoms with van der Waals surface area (Å²) < 4.78 is 0. The summed E-state index contributed by atoms with van der Waals surface area (Å²) in [4.78, 5) is 3.89. The number of benzene rings is 2. The first-order valence-corrected chi connectivity index (χ1v) is 8.15. The van der Waals surface area contributed by atoms with Gasteiger partial charge in [-0.25, -0.2) is 0 Å². The van der Waals surface area contributed by atoms with Gasteiger partial charge in [0, 0.05) is 35.3 Å². The summed E-state index contributed by atoms with van der Waals surface area (Å²) >= 11 is 1.94. The molecular weight excluding hydrogens is 264 g/mol. The summed E-state index contributed by atoms with van der Waals surface area (Å²) in [7, 11) is 0. The minimum atomic E-state index is 0.684. The maximum atomic E-state index is 5.96. The fraction of sp³-hybridized carbons (Fsp3) is 0.294. The molecule has 1 unspecified atom stereocenters. The maximum Gasteiger partial charge on any atom is 0.0525 e. The van der Waals surface area contributed by atoms with E-state index in [1.807, 2.05) is 17.8 Å². The van der Waals surface area contributed by atoms with Crippen LogP contribution in [0.15, 0.2) is 47.4 Å². The van der Waals surface area contributed by atoms with E-state index in [0.717, 1.165) is 18.8 Å². The molecule has 0 saturated heterocycles. The zero-order chi connectivity index (χ0) is 13.5. The Bertz CT molecular complexity index is 653. The van der Waals surface area contributed by atoms with Gasteiger partial charge >= 0.3 is 0 Å². The molecule has 102 valence electrons. The smallest absolute Gasteiger partial charge is 0.0525 e. The Kier molecular flexibility index (Phi) is 2.88. The third-order valence-corrected chi connectivity index (χ3v) is 5.39. The number of nitrogens with two attached hydrogens (primary N) is 1. The molecule has 0 spiro atoms. The quantitative estimate of drug-likeness (QED) is 0.855. The molecule has 2 aromatic carbocycles. The first-order chi connectivity index (χ1) is 9.81. The number of hydrogen-bond acceptors (Lipinski definition) is 3. The highest BCUT2D eigenvalue weighted by atomic mass is 32.2. The first kappa shape index (κ1) is 12.2. The molecule has 3 heteroatoms. The van der Waals surface area contributed by atoms with E-state index in [9.17, 15) is 0 Å². The molecule has 2 aliphatic rings. The second-order valence-corrected chi connectivity index (χ2v) is 6.76. The molecule has 1 aliphatic carbocycles. The van der Waals surface area contributed by atoms with Gasteiger partial charge in [-0.05, 0) is 35.7 Å². The van der Waals surface area contributed by atoms with E-state index < -0.39 is 0 Å².